The van der Waals surface area contributed by atoms with Crippen molar-refractivity contribution in [3.8, 4) is 5.75 Å². The first-order chi connectivity index (χ1) is 12.2. The number of likely N-dealkylation sites (tertiary alicyclic amines) is 1. The second-order valence-corrected chi connectivity index (χ2v) is 6.37. The van der Waals surface area contributed by atoms with E-state index in [9.17, 15) is 9.90 Å². The normalized spacial score (nSPS) is 17.4. The van der Waals surface area contributed by atoms with Crippen LogP contribution < -0.4 is 10.1 Å². The summed E-state index contributed by atoms with van der Waals surface area (Å²) in [6, 6.07) is 17.8. The first-order valence-corrected chi connectivity index (χ1v) is 8.62. The van der Waals surface area contributed by atoms with Gasteiger partial charge in [0.1, 0.15) is 12.4 Å². The number of rotatable bonds is 7. The van der Waals surface area contributed by atoms with Gasteiger partial charge in [0.2, 0.25) is 5.91 Å². The maximum atomic E-state index is 12.0. The predicted octanol–water partition coefficient (Wildman–Crippen LogP) is 1.95. The average molecular weight is 340 g/mol. The van der Waals surface area contributed by atoms with Gasteiger partial charge in [0.25, 0.3) is 0 Å². The average Bonchev–Trinajstić information content (AvgIpc) is 3.04. The lowest BCUT2D eigenvalue weighted by atomic mass is 10.1. The summed E-state index contributed by atoms with van der Waals surface area (Å²) in [6.07, 6.45) is 0.457. The maximum absolute atomic E-state index is 12.0. The van der Waals surface area contributed by atoms with E-state index in [2.05, 4.69) is 5.32 Å². The summed E-state index contributed by atoms with van der Waals surface area (Å²) >= 11 is 0. The monoisotopic (exact) mass is 340 g/mol. The molecule has 1 aliphatic rings. The predicted molar refractivity (Wildman–Crippen MR) is 96.1 cm³/mol. The van der Waals surface area contributed by atoms with E-state index in [1.807, 2.05) is 59.5 Å². The molecule has 0 unspecified atom stereocenters. The van der Waals surface area contributed by atoms with Crippen LogP contribution in [0, 0.1) is 0 Å². The van der Waals surface area contributed by atoms with Gasteiger partial charge >= 0.3 is 0 Å². The Balaban J connectivity index is 1.40. The van der Waals surface area contributed by atoms with E-state index in [4.69, 9.17) is 4.74 Å². The molecule has 3 rings (SSSR count). The Morgan fingerprint density at radius 3 is 2.52 bits per heavy atom. The third kappa shape index (κ3) is 5.59. The molecule has 1 amide bonds. The molecule has 1 heterocycles. The number of hydrogen-bond donors (Lipinski definition) is 2. The Labute approximate surface area is 148 Å². The number of benzene rings is 2. The van der Waals surface area contributed by atoms with Crippen LogP contribution in [0.3, 0.4) is 0 Å². The second kappa shape index (κ2) is 8.65. The number of hydrogen-bond acceptors (Lipinski definition) is 4. The lowest BCUT2D eigenvalue weighted by molar-refractivity contribution is -0.122. The van der Waals surface area contributed by atoms with Crippen LogP contribution in [0.4, 0.5) is 0 Å². The number of aliphatic hydroxyl groups is 1. The molecule has 1 fully saturated rings. The molecule has 0 aromatic heterocycles. The highest BCUT2D eigenvalue weighted by Gasteiger charge is 2.21. The first-order valence-electron chi connectivity index (χ1n) is 8.62. The molecule has 5 heteroatoms. The highest BCUT2D eigenvalue weighted by Crippen LogP contribution is 2.12. The van der Waals surface area contributed by atoms with E-state index < -0.39 is 0 Å². The lowest BCUT2D eigenvalue weighted by Gasteiger charge is -2.14. The number of aliphatic hydroxyl groups excluding tert-OH is 1. The molecule has 5 nitrogen and oxygen atoms in total. The number of carbonyl (C=O) groups is 1. The SMILES string of the molecule is O=C(CN1CC[C@H](O)C1)NCc1ccc(COc2ccccc2)cc1. The topological polar surface area (TPSA) is 61.8 Å². The van der Waals surface area contributed by atoms with E-state index in [0.717, 1.165) is 29.8 Å². The first kappa shape index (κ1) is 17.5. The van der Waals surface area contributed by atoms with E-state index in [1.165, 1.54) is 0 Å². The van der Waals surface area contributed by atoms with Crippen molar-refractivity contribution in [1.82, 2.24) is 10.2 Å². The Morgan fingerprint density at radius 2 is 1.84 bits per heavy atom. The van der Waals surface area contributed by atoms with Gasteiger partial charge in [-0.25, -0.2) is 0 Å². The summed E-state index contributed by atoms with van der Waals surface area (Å²) in [5.41, 5.74) is 2.14. The minimum Gasteiger partial charge on any atom is -0.489 e. The molecule has 1 aliphatic heterocycles. The van der Waals surface area contributed by atoms with Crippen LogP contribution >= 0.6 is 0 Å². The molecule has 1 atom stereocenters. The summed E-state index contributed by atoms with van der Waals surface area (Å²) in [5, 5.41) is 12.4. The molecule has 1 saturated heterocycles. The van der Waals surface area contributed by atoms with Crippen LogP contribution in [-0.4, -0.2) is 41.7 Å². The van der Waals surface area contributed by atoms with Gasteiger partial charge in [0.05, 0.1) is 12.6 Å². The molecule has 25 heavy (non-hydrogen) atoms. The molecule has 0 bridgehead atoms. The van der Waals surface area contributed by atoms with Crippen molar-refractivity contribution in [1.29, 1.82) is 0 Å². The molecular formula is C20H24N2O3. The number of nitrogens with one attached hydrogen (secondary N) is 1. The van der Waals surface area contributed by atoms with Gasteiger partial charge in [-0.15, -0.1) is 0 Å². The van der Waals surface area contributed by atoms with Gasteiger partial charge in [-0.05, 0) is 29.7 Å². The van der Waals surface area contributed by atoms with Gasteiger partial charge in [0, 0.05) is 19.6 Å². The zero-order valence-electron chi connectivity index (χ0n) is 14.2. The van der Waals surface area contributed by atoms with Crippen LogP contribution in [0.1, 0.15) is 17.5 Å². The van der Waals surface area contributed by atoms with E-state index in [1.54, 1.807) is 0 Å². The van der Waals surface area contributed by atoms with Gasteiger partial charge in [-0.3, -0.25) is 9.69 Å². The molecule has 2 aromatic rings. The van der Waals surface area contributed by atoms with Crippen molar-refractivity contribution >= 4 is 5.91 Å². The van der Waals surface area contributed by atoms with Crippen molar-refractivity contribution in [2.75, 3.05) is 19.6 Å². The van der Waals surface area contributed by atoms with Crippen LogP contribution in [0.25, 0.3) is 0 Å². The zero-order valence-corrected chi connectivity index (χ0v) is 14.2. The zero-order chi connectivity index (χ0) is 17.5. The molecule has 0 radical (unpaired) electrons. The standard InChI is InChI=1S/C20H24N2O3/c23-18-10-11-22(13-18)14-20(24)21-12-16-6-8-17(9-7-16)15-25-19-4-2-1-3-5-19/h1-9,18,23H,10-15H2,(H,21,24)/t18-/m0/s1. The summed E-state index contributed by atoms with van der Waals surface area (Å²) in [7, 11) is 0. The van der Waals surface area contributed by atoms with Crippen molar-refractivity contribution in [3.63, 3.8) is 0 Å². The fourth-order valence-electron chi connectivity index (χ4n) is 2.85. The Kier molecular flexibility index (Phi) is 6.04. The summed E-state index contributed by atoms with van der Waals surface area (Å²) < 4.78 is 5.72. The minimum atomic E-state index is -0.293. The third-order valence-electron chi connectivity index (χ3n) is 4.28. The van der Waals surface area contributed by atoms with Crippen molar-refractivity contribution < 1.29 is 14.6 Å². The smallest absolute Gasteiger partial charge is 0.234 e. The van der Waals surface area contributed by atoms with Crippen molar-refractivity contribution in [3.05, 3.63) is 65.7 Å². The summed E-state index contributed by atoms with van der Waals surface area (Å²) in [5.74, 6) is 0.844. The van der Waals surface area contributed by atoms with Crippen LogP contribution in [0.2, 0.25) is 0 Å². The highest BCUT2D eigenvalue weighted by molar-refractivity contribution is 5.78. The van der Waals surface area contributed by atoms with E-state index in [-0.39, 0.29) is 12.0 Å². The number of ether oxygens (including phenoxy) is 1. The number of amides is 1. The van der Waals surface area contributed by atoms with Gasteiger partial charge in [0.15, 0.2) is 0 Å². The maximum Gasteiger partial charge on any atom is 0.234 e. The fraction of sp³-hybridized carbons (Fsp3) is 0.350. The minimum absolute atomic E-state index is 0.00872. The Morgan fingerprint density at radius 1 is 1.12 bits per heavy atom. The fourth-order valence-corrected chi connectivity index (χ4v) is 2.85. The molecule has 2 aromatic carbocycles. The molecule has 0 spiro atoms. The number of para-hydroxylation sites is 1. The third-order valence-corrected chi connectivity index (χ3v) is 4.28. The number of β-amino-alcohol motifs (C(OH)–C–C–N with tert-alkyl or cyclic N) is 1. The molecule has 0 saturated carbocycles. The van der Waals surface area contributed by atoms with Crippen molar-refractivity contribution in [2.45, 2.75) is 25.7 Å². The van der Waals surface area contributed by atoms with E-state index >= 15 is 0 Å². The largest absolute Gasteiger partial charge is 0.489 e. The van der Waals surface area contributed by atoms with E-state index in [0.29, 0.717) is 26.2 Å². The number of carbonyl (C=O) groups excluding carboxylic acids is 1. The summed E-state index contributed by atoms with van der Waals surface area (Å²) in [6.45, 7) is 2.75. The van der Waals surface area contributed by atoms with Crippen LogP contribution in [0.15, 0.2) is 54.6 Å². The van der Waals surface area contributed by atoms with Gasteiger partial charge in [-0.2, -0.15) is 0 Å². The van der Waals surface area contributed by atoms with Crippen LogP contribution in [0.5, 0.6) is 5.75 Å². The number of nitrogens with zero attached hydrogens (tertiary/aromatic N) is 1. The van der Waals surface area contributed by atoms with Crippen LogP contribution in [-0.2, 0) is 17.9 Å². The molecule has 132 valence electrons. The second-order valence-electron chi connectivity index (χ2n) is 6.37. The lowest BCUT2D eigenvalue weighted by Crippen LogP contribution is -2.36. The Hall–Kier alpha value is -2.37. The molecule has 0 aliphatic carbocycles. The van der Waals surface area contributed by atoms with Gasteiger partial charge < -0.3 is 15.2 Å². The molecule has 2 N–H and O–H groups in total. The Bertz CT molecular complexity index is 673. The molecular weight excluding hydrogens is 316 g/mol. The summed E-state index contributed by atoms with van der Waals surface area (Å²) in [4.78, 5) is 13.9. The van der Waals surface area contributed by atoms with Crippen molar-refractivity contribution in [2.24, 2.45) is 0 Å². The van der Waals surface area contributed by atoms with Gasteiger partial charge in [-0.1, -0.05) is 42.5 Å². The highest BCUT2D eigenvalue weighted by atomic mass is 16.5. The quantitative estimate of drug-likeness (QED) is 0.809.